The summed E-state index contributed by atoms with van der Waals surface area (Å²) in [5.74, 6) is 0.437. The lowest BCUT2D eigenvalue weighted by molar-refractivity contribution is 0.288. The molecule has 1 aliphatic carbocycles. The molecule has 5 heteroatoms. The number of rotatable bonds is 5. The van der Waals surface area contributed by atoms with Crippen LogP contribution in [-0.4, -0.2) is 17.4 Å². The number of hydrogen-bond donors (Lipinski definition) is 2. The van der Waals surface area contributed by atoms with Crippen molar-refractivity contribution >= 4 is 35.2 Å². The SMILES string of the molecule is CC1(C)c2cc(OB(O)O)ccc2-c2ccc(N(c3ccccc3)c3cccc4ccccc34)cc21. The maximum Gasteiger partial charge on any atom is 0.707 e. The molecule has 2 N–H and O–H groups in total. The second-order valence-corrected chi connectivity index (χ2v) is 9.68. The average molecular weight is 471 g/mol. The predicted molar refractivity (Wildman–Crippen MR) is 147 cm³/mol. The van der Waals surface area contributed by atoms with Gasteiger partial charge < -0.3 is 19.6 Å². The molecule has 0 aliphatic heterocycles. The van der Waals surface area contributed by atoms with E-state index >= 15 is 0 Å². The van der Waals surface area contributed by atoms with Crippen molar-refractivity contribution < 1.29 is 14.7 Å². The first kappa shape index (κ1) is 22.4. The summed E-state index contributed by atoms with van der Waals surface area (Å²) >= 11 is 0. The maximum absolute atomic E-state index is 9.28. The lowest BCUT2D eigenvalue weighted by Crippen LogP contribution is -2.21. The average Bonchev–Trinajstić information content (AvgIpc) is 3.11. The first-order chi connectivity index (χ1) is 17.4. The molecule has 0 bridgehead atoms. The Morgan fingerprint density at radius 1 is 0.667 bits per heavy atom. The van der Waals surface area contributed by atoms with Crippen molar-refractivity contribution in [3.63, 3.8) is 0 Å². The van der Waals surface area contributed by atoms with E-state index < -0.39 is 7.32 Å². The van der Waals surface area contributed by atoms with Crippen molar-refractivity contribution in [3.05, 3.63) is 120 Å². The van der Waals surface area contributed by atoms with Gasteiger partial charge in [0.05, 0.1) is 5.69 Å². The van der Waals surface area contributed by atoms with Gasteiger partial charge in [-0.15, -0.1) is 0 Å². The fraction of sp³-hybridized carbons (Fsp3) is 0.0968. The summed E-state index contributed by atoms with van der Waals surface area (Å²) in [5, 5.41) is 20.9. The zero-order valence-corrected chi connectivity index (χ0v) is 20.2. The Bertz CT molecular complexity index is 1570. The van der Waals surface area contributed by atoms with E-state index in [4.69, 9.17) is 4.65 Å². The van der Waals surface area contributed by atoms with Gasteiger partial charge in [0.25, 0.3) is 0 Å². The van der Waals surface area contributed by atoms with Crippen molar-refractivity contribution in [2.24, 2.45) is 0 Å². The quantitative estimate of drug-likeness (QED) is 0.272. The van der Waals surface area contributed by atoms with Crippen LogP contribution in [0, 0.1) is 0 Å². The molecule has 0 unspecified atom stereocenters. The lowest BCUT2D eigenvalue weighted by atomic mass is 9.82. The Kier molecular flexibility index (Phi) is 5.33. The van der Waals surface area contributed by atoms with Crippen LogP contribution in [0.4, 0.5) is 17.1 Å². The summed E-state index contributed by atoms with van der Waals surface area (Å²) < 4.78 is 5.15. The van der Waals surface area contributed by atoms with E-state index in [-0.39, 0.29) is 5.41 Å². The summed E-state index contributed by atoms with van der Waals surface area (Å²) in [6.45, 7) is 4.40. The summed E-state index contributed by atoms with van der Waals surface area (Å²) in [7, 11) is -1.85. The van der Waals surface area contributed by atoms with Crippen molar-refractivity contribution in [1.29, 1.82) is 0 Å². The van der Waals surface area contributed by atoms with Gasteiger partial charge in [0, 0.05) is 22.2 Å². The molecule has 0 saturated carbocycles. The van der Waals surface area contributed by atoms with Crippen LogP contribution >= 0.6 is 0 Å². The normalized spacial score (nSPS) is 13.2. The van der Waals surface area contributed by atoms with E-state index in [9.17, 15) is 10.0 Å². The number of para-hydroxylation sites is 1. The maximum atomic E-state index is 9.28. The second kappa shape index (κ2) is 8.56. The number of nitrogens with zero attached hydrogens (tertiary/aromatic N) is 1. The zero-order chi connectivity index (χ0) is 24.9. The molecule has 4 nitrogen and oxygen atoms in total. The molecule has 0 spiro atoms. The van der Waals surface area contributed by atoms with E-state index in [0.717, 1.165) is 28.2 Å². The third-order valence-corrected chi connectivity index (χ3v) is 7.15. The minimum atomic E-state index is -1.85. The number of hydrogen-bond acceptors (Lipinski definition) is 4. The van der Waals surface area contributed by atoms with Crippen molar-refractivity contribution in [2.45, 2.75) is 19.3 Å². The summed E-state index contributed by atoms with van der Waals surface area (Å²) in [5.41, 5.74) is 7.65. The van der Waals surface area contributed by atoms with Gasteiger partial charge in [0.1, 0.15) is 5.75 Å². The Labute approximate surface area is 211 Å². The van der Waals surface area contributed by atoms with Gasteiger partial charge in [0.15, 0.2) is 0 Å². The van der Waals surface area contributed by atoms with Crippen LogP contribution in [0.5, 0.6) is 5.75 Å². The highest BCUT2D eigenvalue weighted by molar-refractivity contribution is 6.33. The van der Waals surface area contributed by atoms with Gasteiger partial charge in [-0.25, -0.2) is 0 Å². The largest absolute Gasteiger partial charge is 0.707 e. The fourth-order valence-corrected chi connectivity index (χ4v) is 5.45. The van der Waals surface area contributed by atoms with Gasteiger partial charge in [0.2, 0.25) is 0 Å². The van der Waals surface area contributed by atoms with Gasteiger partial charge in [-0.1, -0.05) is 80.6 Å². The molecule has 5 aromatic rings. The Morgan fingerprint density at radius 2 is 1.33 bits per heavy atom. The minimum absolute atomic E-state index is 0.290. The van der Waals surface area contributed by atoms with Crippen LogP contribution < -0.4 is 9.55 Å². The molecular formula is C31H26BNO3. The standard InChI is InChI=1S/C31H26BNO3/c1-31(2)28-19-23(15-17-26(28)27-18-16-24(20-29(27)31)36-32(34)35)33(22-11-4-3-5-12-22)30-14-8-10-21-9-6-7-13-25(21)30/h3-20,34-35H,1-2H3. The molecule has 36 heavy (non-hydrogen) atoms. The van der Waals surface area contributed by atoms with Gasteiger partial charge in [-0.05, 0) is 70.1 Å². The molecule has 0 amide bonds. The Balaban J connectivity index is 1.52. The van der Waals surface area contributed by atoms with Gasteiger partial charge >= 0.3 is 7.32 Å². The van der Waals surface area contributed by atoms with E-state index in [1.807, 2.05) is 18.2 Å². The Morgan fingerprint density at radius 3 is 2.11 bits per heavy atom. The van der Waals surface area contributed by atoms with Gasteiger partial charge in [-0.3, -0.25) is 0 Å². The first-order valence-corrected chi connectivity index (χ1v) is 12.1. The molecule has 5 aromatic carbocycles. The molecule has 1 aliphatic rings. The predicted octanol–water partition coefficient (Wildman–Crippen LogP) is 6.96. The third kappa shape index (κ3) is 3.65. The monoisotopic (exact) mass is 471 g/mol. The van der Waals surface area contributed by atoms with Gasteiger partial charge in [-0.2, -0.15) is 0 Å². The highest BCUT2D eigenvalue weighted by atomic mass is 16.6. The third-order valence-electron chi connectivity index (χ3n) is 7.15. The second-order valence-electron chi connectivity index (χ2n) is 9.68. The van der Waals surface area contributed by atoms with Crippen LogP contribution in [0.1, 0.15) is 25.0 Å². The van der Waals surface area contributed by atoms with Crippen LogP contribution in [0.2, 0.25) is 0 Å². The number of benzene rings is 5. The van der Waals surface area contributed by atoms with Crippen molar-refractivity contribution in [1.82, 2.24) is 0 Å². The fourth-order valence-electron chi connectivity index (χ4n) is 5.45. The lowest BCUT2D eigenvalue weighted by Gasteiger charge is -2.29. The molecule has 0 fully saturated rings. The van der Waals surface area contributed by atoms with Crippen molar-refractivity contribution in [2.75, 3.05) is 4.90 Å². The summed E-state index contributed by atoms with van der Waals surface area (Å²) in [4.78, 5) is 2.32. The smallest absolute Gasteiger partial charge is 0.512 e. The highest BCUT2D eigenvalue weighted by Crippen LogP contribution is 2.51. The molecule has 0 saturated heterocycles. The molecule has 6 rings (SSSR count). The summed E-state index contributed by atoms with van der Waals surface area (Å²) in [6.07, 6.45) is 0. The molecule has 0 heterocycles. The van der Waals surface area contributed by atoms with Crippen LogP contribution in [0.15, 0.2) is 109 Å². The number of anilines is 3. The highest BCUT2D eigenvalue weighted by Gasteiger charge is 2.36. The molecule has 0 radical (unpaired) electrons. The topological polar surface area (TPSA) is 52.9 Å². The molecule has 0 aromatic heterocycles. The van der Waals surface area contributed by atoms with E-state index in [2.05, 4.69) is 104 Å². The van der Waals surface area contributed by atoms with Crippen LogP contribution in [0.25, 0.3) is 21.9 Å². The van der Waals surface area contributed by atoms with Crippen LogP contribution in [0.3, 0.4) is 0 Å². The zero-order valence-electron chi connectivity index (χ0n) is 20.2. The van der Waals surface area contributed by atoms with E-state index in [1.165, 1.54) is 21.9 Å². The first-order valence-electron chi connectivity index (χ1n) is 12.1. The summed E-state index contributed by atoms with van der Waals surface area (Å²) in [6, 6.07) is 37.7. The molecular weight excluding hydrogens is 445 g/mol. The van der Waals surface area contributed by atoms with E-state index in [1.54, 1.807) is 6.07 Å². The van der Waals surface area contributed by atoms with E-state index in [0.29, 0.717) is 5.75 Å². The molecule has 0 atom stereocenters. The molecule has 176 valence electrons. The van der Waals surface area contributed by atoms with Crippen LogP contribution in [-0.2, 0) is 5.41 Å². The van der Waals surface area contributed by atoms with Crippen molar-refractivity contribution in [3.8, 4) is 16.9 Å². The number of fused-ring (bicyclic) bond motifs is 4. The minimum Gasteiger partial charge on any atom is -0.512 e. The Hall–Kier alpha value is -4.06.